The second kappa shape index (κ2) is 6.00. The fourth-order valence-corrected chi connectivity index (χ4v) is 3.95. The first-order valence-electron chi connectivity index (χ1n) is 8.07. The molecule has 6 nitrogen and oxygen atoms in total. The Morgan fingerprint density at radius 3 is 2.67 bits per heavy atom. The molecule has 3 heterocycles. The molecule has 3 aromatic heterocycles. The lowest BCUT2D eigenvalue weighted by atomic mass is 10.2. The van der Waals surface area contributed by atoms with Crippen LogP contribution in [0.1, 0.15) is 0 Å². The van der Waals surface area contributed by atoms with E-state index in [-0.39, 0.29) is 5.56 Å². The highest BCUT2D eigenvalue weighted by atomic mass is 35.5. The van der Waals surface area contributed by atoms with Gasteiger partial charge in [0, 0.05) is 16.0 Å². The molecule has 0 bridgehead atoms. The van der Waals surface area contributed by atoms with Crippen molar-refractivity contribution >= 4 is 49.0 Å². The number of aromatic nitrogens is 4. The van der Waals surface area contributed by atoms with E-state index >= 15 is 0 Å². The van der Waals surface area contributed by atoms with Crippen molar-refractivity contribution < 1.29 is 4.74 Å². The monoisotopic (exact) mass is 394 g/mol. The average Bonchev–Trinajstić information content (AvgIpc) is 3.11. The number of nitrogens with zero attached hydrogens (tertiary/aromatic N) is 4. The summed E-state index contributed by atoms with van der Waals surface area (Å²) in [6.45, 7) is 0. The molecule has 0 atom stereocenters. The molecule has 132 valence electrons. The summed E-state index contributed by atoms with van der Waals surface area (Å²) in [4.78, 5) is 23.2. The lowest BCUT2D eigenvalue weighted by molar-refractivity contribution is 0.415. The van der Waals surface area contributed by atoms with Gasteiger partial charge in [-0.3, -0.25) is 4.79 Å². The number of halogens is 1. The average molecular weight is 395 g/mol. The summed E-state index contributed by atoms with van der Waals surface area (Å²) in [6.07, 6.45) is 0. The zero-order valence-electron chi connectivity index (χ0n) is 14.0. The number of hydrogen-bond donors (Lipinski definition) is 0. The Morgan fingerprint density at radius 2 is 1.89 bits per heavy atom. The third kappa shape index (κ3) is 2.63. The minimum atomic E-state index is -0.247. The van der Waals surface area contributed by atoms with Gasteiger partial charge >= 0.3 is 0 Å². The van der Waals surface area contributed by atoms with Crippen LogP contribution >= 0.6 is 22.9 Å². The first kappa shape index (κ1) is 16.2. The fraction of sp³-hybridized carbons (Fsp3) is 0.0526. The molecule has 0 aliphatic carbocycles. The predicted molar refractivity (Wildman–Crippen MR) is 107 cm³/mol. The molecule has 5 aromatic rings. The maximum atomic E-state index is 13.0. The first-order chi connectivity index (χ1) is 13.1. The van der Waals surface area contributed by atoms with E-state index in [4.69, 9.17) is 16.3 Å². The first-order valence-corrected chi connectivity index (χ1v) is 9.26. The van der Waals surface area contributed by atoms with E-state index in [1.165, 1.54) is 15.9 Å². The van der Waals surface area contributed by atoms with Crippen LogP contribution < -0.4 is 10.3 Å². The van der Waals surface area contributed by atoms with Crippen molar-refractivity contribution in [3.05, 3.63) is 63.9 Å². The second-order valence-corrected chi connectivity index (χ2v) is 7.34. The molecule has 0 N–H and O–H groups in total. The van der Waals surface area contributed by atoms with Crippen molar-refractivity contribution in [2.75, 3.05) is 7.11 Å². The fourth-order valence-electron chi connectivity index (χ4n) is 2.91. The summed E-state index contributed by atoms with van der Waals surface area (Å²) in [5.41, 5.74) is 1.34. The van der Waals surface area contributed by atoms with Gasteiger partial charge in [-0.05, 0) is 48.5 Å². The van der Waals surface area contributed by atoms with Crippen molar-refractivity contribution in [1.29, 1.82) is 0 Å². The Hall–Kier alpha value is -3.03. The Morgan fingerprint density at radius 1 is 1.07 bits per heavy atom. The van der Waals surface area contributed by atoms with Crippen molar-refractivity contribution in [1.82, 2.24) is 19.6 Å². The van der Waals surface area contributed by atoms with Gasteiger partial charge < -0.3 is 4.74 Å². The van der Waals surface area contributed by atoms with Gasteiger partial charge in [-0.25, -0.2) is 4.98 Å². The Kier molecular flexibility index (Phi) is 3.60. The van der Waals surface area contributed by atoms with Crippen LogP contribution in [0.3, 0.4) is 0 Å². The second-order valence-electron chi connectivity index (χ2n) is 5.94. The van der Waals surface area contributed by atoms with Gasteiger partial charge in [-0.15, -0.1) is 5.10 Å². The Balaban J connectivity index is 1.78. The summed E-state index contributed by atoms with van der Waals surface area (Å²) < 4.78 is 6.58. The van der Waals surface area contributed by atoms with E-state index in [1.807, 2.05) is 36.4 Å². The van der Waals surface area contributed by atoms with E-state index < -0.39 is 0 Å². The molecule has 0 aliphatic heterocycles. The molecule has 0 saturated carbocycles. The zero-order chi connectivity index (χ0) is 18.5. The predicted octanol–water partition coefficient (Wildman–Crippen LogP) is 4.18. The molecule has 0 spiro atoms. The third-order valence-electron chi connectivity index (χ3n) is 4.28. The molecule has 0 aliphatic rings. The lowest BCUT2D eigenvalue weighted by Gasteiger charge is -2.03. The molecule has 0 radical (unpaired) electrons. The van der Waals surface area contributed by atoms with Crippen LogP contribution in [0.15, 0.2) is 53.3 Å². The third-order valence-corrected chi connectivity index (χ3v) is 5.48. The molecular formula is C19H11ClN4O2S. The van der Waals surface area contributed by atoms with E-state index in [2.05, 4.69) is 15.1 Å². The highest BCUT2D eigenvalue weighted by Crippen LogP contribution is 2.26. The van der Waals surface area contributed by atoms with Crippen molar-refractivity contribution in [2.45, 2.75) is 0 Å². The topological polar surface area (TPSA) is 69.4 Å². The smallest absolute Gasteiger partial charge is 0.283 e. The Bertz CT molecular complexity index is 1390. The number of benzene rings is 2. The molecule has 0 amide bonds. The number of fused-ring (bicyclic) bond motifs is 3. The number of ether oxygens (including phenoxy) is 1. The summed E-state index contributed by atoms with van der Waals surface area (Å²) in [5, 5.41) is 6.35. The van der Waals surface area contributed by atoms with Crippen LogP contribution in [0, 0.1) is 0 Å². The highest BCUT2D eigenvalue weighted by Gasteiger charge is 2.14. The number of hydrogen-bond acceptors (Lipinski definition) is 6. The molecule has 27 heavy (non-hydrogen) atoms. The quantitative estimate of drug-likeness (QED) is 0.420. The van der Waals surface area contributed by atoms with Crippen molar-refractivity contribution in [3.63, 3.8) is 0 Å². The van der Waals surface area contributed by atoms with Crippen LogP contribution in [0.25, 0.3) is 37.5 Å². The number of rotatable bonds is 2. The minimum Gasteiger partial charge on any atom is -0.497 e. The van der Waals surface area contributed by atoms with E-state index in [9.17, 15) is 4.79 Å². The van der Waals surface area contributed by atoms with Gasteiger partial charge in [-0.1, -0.05) is 22.9 Å². The Labute approximate surface area is 161 Å². The summed E-state index contributed by atoms with van der Waals surface area (Å²) in [7, 11) is 1.61. The van der Waals surface area contributed by atoms with Gasteiger partial charge in [0.15, 0.2) is 5.82 Å². The molecule has 0 unspecified atom stereocenters. The molecule has 5 rings (SSSR count). The number of pyridine rings is 1. The lowest BCUT2D eigenvalue weighted by Crippen LogP contribution is -2.13. The summed E-state index contributed by atoms with van der Waals surface area (Å²) in [5.74, 6) is 1.19. The molecule has 2 aromatic carbocycles. The van der Waals surface area contributed by atoms with Crippen molar-refractivity contribution in [2.24, 2.45) is 0 Å². The summed E-state index contributed by atoms with van der Waals surface area (Å²) in [6, 6.07) is 14.6. The SMILES string of the molecule is COc1ccc2nc3sc4nc(-c5ccc(Cl)cc5)nn4c(=O)c3cc2c1. The standard InChI is InChI=1S/C19H11ClN4O2S/c1-26-13-6-7-15-11(8-13)9-14-17(21-15)27-19-22-16(23-24(19)18(14)25)10-2-4-12(20)5-3-10/h2-9H,1H3. The minimum absolute atomic E-state index is 0.247. The maximum Gasteiger partial charge on any atom is 0.283 e. The highest BCUT2D eigenvalue weighted by molar-refractivity contribution is 7.22. The van der Waals surface area contributed by atoms with E-state index in [1.54, 1.807) is 19.2 Å². The van der Waals surface area contributed by atoms with Crippen molar-refractivity contribution in [3.8, 4) is 17.1 Å². The largest absolute Gasteiger partial charge is 0.497 e. The maximum absolute atomic E-state index is 13.0. The molecule has 0 saturated heterocycles. The zero-order valence-corrected chi connectivity index (χ0v) is 15.6. The van der Waals surface area contributed by atoms with Crippen LogP contribution in [-0.4, -0.2) is 26.7 Å². The van der Waals surface area contributed by atoms with Crippen LogP contribution in [0.5, 0.6) is 5.75 Å². The molecular weight excluding hydrogens is 384 g/mol. The van der Waals surface area contributed by atoms with Gasteiger partial charge in [0.25, 0.3) is 5.56 Å². The van der Waals surface area contributed by atoms with Crippen LogP contribution in [-0.2, 0) is 0 Å². The van der Waals surface area contributed by atoms with Gasteiger partial charge in [0.1, 0.15) is 10.6 Å². The van der Waals surface area contributed by atoms with Crippen LogP contribution in [0.4, 0.5) is 0 Å². The number of methoxy groups -OCH3 is 1. The summed E-state index contributed by atoms with van der Waals surface area (Å²) >= 11 is 7.27. The molecule has 8 heteroatoms. The normalized spacial score (nSPS) is 11.5. The van der Waals surface area contributed by atoms with Gasteiger partial charge in [-0.2, -0.15) is 9.50 Å². The van der Waals surface area contributed by atoms with Gasteiger partial charge in [0.2, 0.25) is 4.96 Å². The van der Waals surface area contributed by atoms with Gasteiger partial charge in [0.05, 0.1) is 18.0 Å². The van der Waals surface area contributed by atoms with E-state index in [0.717, 1.165) is 16.5 Å². The van der Waals surface area contributed by atoms with E-state index in [0.29, 0.717) is 31.8 Å². The molecule has 0 fully saturated rings. The van der Waals surface area contributed by atoms with Crippen LogP contribution in [0.2, 0.25) is 5.02 Å².